The summed E-state index contributed by atoms with van der Waals surface area (Å²) in [5.74, 6) is 0. The Morgan fingerprint density at radius 2 is 1.41 bits per heavy atom. The summed E-state index contributed by atoms with van der Waals surface area (Å²) in [6.45, 7) is 0. The molecule has 6 aromatic rings. The summed E-state index contributed by atoms with van der Waals surface area (Å²) < 4.78 is 12.0. The van der Waals surface area contributed by atoms with Gasteiger partial charge in [0.1, 0.15) is 11.2 Å². The maximum absolute atomic E-state index is 12.4. The molecule has 0 aliphatic carbocycles. The smallest absolute Gasteiger partial charge is 0.339 e. The molecule has 180 valence electrons. The van der Waals surface area contributed by atoms with Crippen LogP contribution in [0.4, 0.5) is 10.5 Å². The molecular formula is C30H20ClN3O3. The average Bonchev–Trinajstić information content (AvgIpc) is 3.34. The molecular weight excluding hydrogens is 486 g/mol. The van der Waals surface area contributed by atoms with Gasteiger partial charge >= 0.3 is 6.03 Å². The van der Waals surface area contributed by atoms with E-state index >= 15 is 0 Å². The topological polar surface area (TPSA) is 79.8 Å². The van der Waals surface area contributed by atoms with Crippen LogP contribution in [-0.4, -0.2) is 6.03 Å². The lowest BCUT2D eigenvalue weighted by molar-refractivity contribution is 0.251. The lowest BCUT2D eigenvalue weighted by Gasteiger charge is -2.08. The van der Waals surface area contributed by atoms with Crippen LogP contribution in [0.1, 0.15) is 0 Å². The molecule has 0 aliphatic rings. The third kappa shape index (κ3) is 4.70. The first kappa shape index (κ1) is 22.6. The predicted octanol–water partition coefficient (Wildman–Crippen LogP) is 7.80. The number of carbonyl (C=O) groups excluding carboxylic acids is 1. The molecule has 0 spiro atoms. The van der Waals surface area contributed by atoms with Crippen molar-refractivity contribution in [1.82, 2.24) is 5.43 Å². The second-order valence-corrected chi connectivity index (χ2v) is 8.85. The van der Waals surface area contributed by atoms with E-state index in [-0.39, 0.29) is 5.55 Å². The molecule has 4 aromatic carbocycles. The predicted molar refractivity (Wildman–Crippen MR) is 146 cm³/mol. The van der Waals surface area contributed by atoms with E-state index < -0.39 is 6.03 Å². The minimum atomic E-state index is -0.475. The average molecular weight is 506 g/mol. The molecule has 37 heavy (non-hydrogen) atoms. The number of benzene rings is 4. The highest BCUT2D eigenvalue weighted by atomic mass is 35.5. The van der Waals surface area contributed by atoms with Crippen LogP contribution in [0, 0.1) is 0 Å². The van der Waals surface area contributed by atoms with Crippen molar-refractivity contribution in [2.45, 2.75) is 0 Å². The number of halogens is 1. The highest BCUT2D eigenvalue weighted by molar-refractivity contribution is 6.30. The van der Waals surface area contributed by atoms with Gasteiger partial charge in [-0.05, 0) is 47.0 Å². The van der Waals surface area contributed by atoms with Gasteiger partial charge in [-0.25, -0.2) is 10.2 Å². The maximum atomic E-state index is 12.4. The first-order valence-electron chi connectivity index (χ1n) is 11.6. The first-order valence-corrected chi connectivity index (χ1v) is 12.0. The number of furan rings is 1. The monoisotopic (exact) mass is 505 g/mol. The van der Waals surface area contributed by atoms with Crippen molar-refractivity contribution in [2.75, 3.05) is 5.32 Å². The molecule has 0 saturated heterocycles. The van der Waals surface area contributed by atoms with E-state index in [1.807, 2.05) is 84.9 Å². The van der Waals surface area contributed by atoms with Gasteiger partial charge in [-0.1, -0.05) is 72.3 Å². The number of nitrogens with one attached hydrogen (secondary N) is 2. The molecule has 0 fully saturated rings. The minimum Gasteiger partial charge on any atom is -0.464 e. The van der Waals surface area contributed by atoms with Crippen molar-refractivity contribution in [3.63, 3.8) is 0 Å². The first-order chi connectivity index (χ1) is 18.1. The van der Waals surface area contributed by atoms with E-state index in [9.17, 15) is 4.79 Å². The van der Waals surface area contributed by atoms with E-state index in [1.165, 1.54) is 0 Å². The largest absolute Gasteiger partial charge is 0.464 e. The molecule has 6 nitrogen and oxygen atoms in total. The maximum Gasteiger partial charge on any atom is 0.339 e. The summed E-state index contributed by atoms with van der Waals surface area (Å²) in [4.78, 5) is 12.4. The van der Waals surface area contributed by atoms with Crippen molar-refractivity contribution in [2.24, 2.45) is 5.10 Å². The van der Waals surface area contributed by atoms with Crippen LogP contribution >= 0.6 is 11.6 Å². The van der Waals surface area contributed by atoms with Gasteiger partial charge in [-0.3, -0.25) is 0 Å². The van der Waals surface area contributed by atoms with Crippen LogP contribution in [-0.2, 0) is 0 Å². The summed E-state index contributed by atoms with van der Waals surface area (Å²) in [6, 6.07) is 32.0. The summed E-state index contributed by atoms with van der Waals surface area (Å²) in [5.41, 5.74) is 8.53. The Labute approximate surface area is 216 Å². The number of amides is 2. The number of fused-ring (bicyclic) bond motifs is 2. The Bertz CT molecular complexity index is 1790. The number of rotatable bonds is 4. The number of urea groups is 1. The summed E-state index contributed by atoms with van der Waals surface area (Å²) in [7, 11) is 0. The van der Waals surface area contributed by atoms with E-state index in [1.54, 1.807) is 18.4 Å². The number of para-hydroxylation sites is 1. The van der Waals surface area contributed by atoms with E-state index in [0.717, 1.165) is 33.0 Å². The van der Waals surface area contributed by atoms with E-state index in [0.29, 0.717) is 21.9 Å². The normalized spacial score (nSPS) is 11.6. The molecule has 0 radical (unpaired) electrons. The second kappa shape index (κ2) is 9.68. The van der Waals surface area contributed by atoms with Crippen molar-refractivity contribution >= 4 is 45.3 Å². The fourth-order valence-corrected chi connectivity index (χ4v) is 4.37. The van der Waals surface area contributed by atoms with E-state index in [4.69, 9.17) is 20.4 Å². The highest BCUT2D eigenvalue weighted by Gasteiger charge is 2.14. The van der Waals surface area contributed by atoms with Crippen LogP contribution in [0.5, 0.6) is 0 Å². The van der Waals surface area contributed by atoms with Crippen molar-refractivity contribution in [1.29, 1.82) is 0 Å². The number of anilines is 1. The summed E-state index contributed by atoms with van der Waals surface area (Å²) >= 11 is 6.08. The molecule has 0 bridgehead atoms. The van der Waals surface area contributed by atoms with Gasteiger partial charge in [-0.2, -0.15) is 0 Å². The molecule has 7 heteroatoms. The Morgan fingerprint density at radius 3 is 2.16 bits per heavy atom. The number of nitrogens with zero attached hydrogens (tertiary/aromatic N) is 1. The highest BCUT2D eigenvalue weighted by Crippen LogP contribution is 2.36. The van der Waals surface area contributed by atoms with Crippen LogP contribution in [0.15, 0.2) is 123 Å². The molecule has 2 heterocycles. The summed E-state index contributed by atoms with van der Waals surface area (Å²) in [5, 5.41) is 9.46. The van der Waals surface area contributed by atoms with E-state index in [2.05, 4.69) is 21.9 Å². The van der Waals surface area contributed by atoms with Gasteiger partial charge in [-0.15, -0.1) is 5.10 Å². The third-order valence-electron chi connectivity index (χ3n) is 5.99. The van der Waals surface area contributed by atoms with Crippen molar-refractivity contribution in [3.8, 4) is 22.3 Å². The zero-order valence-corrected chi connectivity index (χ0v) is 20.2. The Kier molecular flexibility index (Phi) is 5.92. The van der Waals surface area contributed by atoms with Gasteiger partial charge in [0, 0.05) is 39.2 Å². The van der Waals surface area contributed by atoms with Gasteiger partial charge in [0.25, 0.3) is 0 Å². The molecule has 2 N–H and O–H groups in total. The lowest BCUT2D eigenvalue weighted by Crippen LogP contribution is -2.26. The zero-order valence-electron chi connectivity index (χ0n) is 19.4. The molecule has 0 unspecified atom stereocenters. The minimum absolute atomic E-state index is 0.249. The van der Waals surface area contributed by atoms with Gasteiger partial charge in [0.05, 0.1) is 6.26 Å². The summed E-state index contributed by atoms with van der Waals surface area (Å²) in [6.07, 6.45) is 1.73. The molecule has 0 aliphatic heterocycles. The van der Waals surface area contributed by atoms with Crippen molar-refractivity contribution in [3.05, 3.63) is 120 Å². The van der Waals surface area contributed by atoms with Gasteiger partial charge in [0.2, 0.25) is 5.55 Å². The van der Waals surface area contributed by atoms with Gasteiger partial charge in [0.15, 0.2) is 0 Å². The Hall–Kier alpha value is -4.81. The number of hydrogen-bond donors (Lipinski definition) is 2. The van der Waals surface area contributed by atoms with Gasteiger partial charge < -0.3 is 14.2 Å². The fourth-order valence-electron chi connectivity index (χ4n) is 4.24. The van der Waals surface area contributed by atoms with Crippen LogP contribution < -0.4 is 16.3 Å². The molecule has 0 atom stereocenters. The quantitative estimate of drug-likeness (QED) is 0.240. The molecule has 0 saturated carbocycles. The SMILES string of the molecule is O=C(NN=c1cc(-c2ccccc2)c2cc3c(-c4ccc(Cl)cc4)coc3cc2o1)Nc1ccccc1. The molecule has 2 amide bonds. The van der Waals surface area contributed by atoms with Crippen LogP contribution in [0.3, 0.4) is 0 Å². The molecule has 2 aromatic heterocycles. The third-order valence-corrected chi connectivity index (χ3v) is 6.24. The Morgan fingerprint density at radius 1 is 0.730 bits per heavy atom. The van der Waals surface area contributed by atoms with Crippen LogP contribution in [0.2, 0.25) is 5.02 Å². The number of carbonyl (C=O) groups is 1. The van der Waals surface area contributed by atoms with Crippen molar-refractivity contribution < 1.29 is 13.6 Å². The number of hydrogen-bond acceptors (Lipinski definition) is 4. The molecule has 6 rings (SSSR count). The lowest BCUT2D eigenvalue weighted by atomic mass is 9.98. The standard InChI is InChI=1S/C30H20ClN3O3/c31-21-13-11-20(12-14-21)26-18-36-27-17-28-24(15-25(26)27)23(19-7-3-1-4-8-19)16-29(37-28)33-34-30(35)32-22-9-5-2-6-10-22/h1-18H,(H2,32,34,35). The zero-order chi connectivity index (χ0) is 25.2. The van der Waals surface area contributed by atoms with Crippen LogP contribution in [0.25, 0.3) is 44.2 Å². The second-order valence-electron chi connectivity index (χ2n) is 8.41. The fraction of sp³-hybridized carbons (Fsp3) is 0. The Balaban J connectivity index is 1.46.